The zero-order valence-corrected chi connectivity index (χ0v) is 17.2. The third-order valence-electron chi connectivity index (χ3n) is 4.94. The number of rotatable bonds is 8. The number of benzene rings is 1. The van der Waals surface area contributed by atoms with Crippen LogP contribution in [0.5, 0.6) is 11.5 Å². The highest BCUT2D eigenvalue weighted by Gasteiger charge is 2.27. The summed E-state index contributed by atoms with van der Waals surface area (Å²) in [6.07, 6.45) is 1.96. The molecule has 1 aliphatic heterocycles. The Hall–Kier alpha value is -2.07. The van der Waals surface area contributed by atoms with E-state index in [1.54, 1.807) is 6.07 Å². The Morgan fingerprint density at radius 1 is 1.14 bits per heavy atom. The van der Waals surface area contributed by atoms with E-state index in [1.807, 2.05) is 29.9 Å². The van der Waals surface area contributed by atoms with Crippen LogP contribution in [0.1, 0.15) is 11.7 Å². The van der Waals surface area contributed by atoms with E-state index in [2.05, 4.69) is 9.62 Å². The van der Waals surface area contributed by atoms with Gasteiger partial charge in [-0.1, -0.05) is 0 Å². The van der Waals surface area contributed by atoms with Crippen molar-refractivity contribution in [1.29, 1.82) is 0 Å². The molecule has 0 bridgehead atoms. The van der Waals surface area contributed by atoms with E-state index in [-0.39, 0.29) is 17.5 Å². The summed E-state index contributed by atoms with van der Waals surface area (Å²) in [6.45, 7) is 3.06. The van der Waals surface area contributed by atoms with Crippen LogP contribution in [0, 0.1) is 0 Å². The first-order valence-electron chi connectivity index (χ1n) is 9.11. The summed E-state index contributed by atoms with van der Waals surface area (Å²) in [5, 5.41) is 0. The van der Waals surface area contributed by atoms with Crippen LogP contribution in [0.25, 0.3) is 0 Å². The monoisotopic (exact) mass is 409 g/mol. The lowest BCUT2D eigenvalue weighted by molar-refractivity contribution is 0.0158. The molecular weight excluding hydrogens is 382 g/mol. The number of aromatic nitrogens is 1. The second kappa shape index (κ2) is 8.95. The van der Waals surface area contributed by atoms with E-state index in [0.717, 1.165) is 18.8 Å². The molecule has 1 aromatic carbocycles. The summed E-state index contributed by atoms with van der Waals surface area (Å²) >= 11 is 0. The summed E-state index contributed by atoms with van der Waals surface area (Å²) in [5.74, 6) is 0.856. The Bertz CT molecular complexity index is 891. The van der Waals surface area contributed by atoms with Crippen LogP contribution in [0.4, 0.5) is 0 Å². The molecule has 2 heterocycles. The normalized spacial score (nSPS) is 16.7. The molecule has 1 aliphatic rings. The topological polar surface area (TPSA) is 82.0 Å². The molecule has 1 aromatic heterocycles. The minimum Gasteiger partial charge on any atom is -0.493 e. The highest BCUT2D eigenvalue weighted by molar-refractivity contribution is 7.89. The van der Waals surface area contributed by atoms with Gasteiger partial charge in [-0.3, -0.25) is 4.90 Å². The Balaban J connectivity index is 1.81. The molecule has 1 atom stereocenters. The molecule has 0 radical (unpaired) electrons. The van der Waals surface area contributed by atoms with Crippen LogP contribution < -0.4 is 14.2 Å². The van der Waals surface area contributed by atoms with Gasteiger partial charge in [-0.05, 0) is 24.3 Å². The number of hydrogen-bond acceptors (Lipinski definition) is 6. The van der Waals surface area contributed by atoms with Crippen molar-refractivity contribution in [1.82, 2.24) is 14.2 Å². The summed E-state index contributed by atoms with van der Waals surface area (Å²) < 4.78 is 46.4. The Labute approximate surface area is 166 Å². The maximum absolute atomic E-state index is 12.9. The van der Waals surface area contributed by atoms with E-state index in [1.165, 1.54) is 26.4 Å². The van der Waals surface area contributed by atoms with Crippen molar-refractivity contribution in [2.45, 2.75) is 10.9 Å². The van der Waals surface area contributed by atoms with E-state index in [4.69, 9.17) is 14.2 Å². The van der Waals surface area contributed by atoms with Gasteiger partial charge in [0.1, 0.15) is 0 Å². The number of morpholine rings is 1. The lowest BCUT2D eigenvalue weighted by atomic mass is 10.1. The van der Waals surface area contributed by atoms with Crippen LogP contribution in [0.2, 0.25) is 0 Å². The van der Waals surface area contributed by atoms with Crippen molar-refractivity contribution < 1.29 is 22.6 Å². The number of hydrogen-bond donors (Lipinski definition) is 1. The first-order valence-corrected chi connectivity index (χ1v) is 10.6. The number of sulfonamides is 1. The zero-order valence-electron chi connectivity index (χ0n) is 16.4. The molecule has 3 rings (SSSR count). The number of nitrogens with one attached hydrogen (secondary N) is 1. The van der Waals surface area contributed by atoms with Gasteiger partial charge in [-0.15, -0.1) is 0 Å². The first-order chi connectivity index (χ1) is 13.5. The van der Waals surface area contributed by atoms with Gasteiger partial charge in [0.2, 0.25) is 10.0 Å². The van der Waals surface area contributed by atoms with Crippen LogP contribution in [0.3, 0.4) is 0 Å². The van der Waals surface area contributed by atoms with E-state index < -0.39 is 10.0 Å². The Morgan fingerprint density at radius 2 is 1.86 bits per heavy atom. The van der Waals surface area contributed by atoms with Crippen molar-refractivity contribution in [3.63, 3.8) is 0 Å². The molecule has 0 amide bonds. The molecule has 0 aliphatic carbocycles. The fourth-order valence-electron chi connectivity index (χ4n) is 3.39. The average Bonchev–Trinajstić information content (AvgIpc) is 3.14. The summed E-state index contributed by atoms with van der Waals surface area (Å²) in [6, 6.07) is 8.46. The third-order valence-corrected chi connectivity index (χ3v) is 6.37. The second-order valence-corrected chi connectivity index (χ2v) is 8.34. The van der Waals surface area contributed by atoms with Gasteiger partial charge in [-0.25, -0.2) is 13.1 Å². The fourth-order valence-corrected chi connectivity index (χ4v) is 4.44. The molecule has 1 fully saturated rings. The largest absolute Gasteiger partial charge is 0.493 e. The number of methoxy groups -OCH3 is 2. The quantitative estimate of drug-likeness (QED) is 0.710. The molecule has 28 heavy (non-hydrogen) atoms. The standard InChI is InChI=1S/C19H27N3O5S/c1-21-8-4-5-16(21)17(22-9-11-27-12-10-22)14-20-28(23,24)15-6-7-18(25-2)19(13-15)26-3/h4-8,13,17,20H,9-12,14H2,1-3H3. The molecule has 0 spiro atoms. The Morgan fingerprint density at radius 3 is 2.46 bits per heavy atom. The predicted molar refractivity (Wildman–Crippen MR) is 105 cm³/mol. The lowest BCUT2D eigenvalue weighted by Crippen LogP contribution is -2.44. The average molecular weight is 410 g/mol. The molecule has 0 saturated carbocycles. The van der Waals surface area contributed by atoms with E-state index >= 15 is 0 Å². The van der Waals surface area contributed by atoms with Gasteiger partial charge in [0.15, 0.2) is 11.5 Å². The summed E-state index contributed by atoms with van der Waals surface area (Å²) in [7, 11) is 1.24. The van der Waals surface area contributed by atoms with Crippen molar-refractivity contribution in [3.05, 3.63) is 42.2 Å². The zero-order chi connectivity index (χ0) is 20.1. The van der Waals surface area contributed by atoms with E-state index in [0.29, 0.717) is 24.7 Å². The summed E-state index contributed by atoms with van der Waals surface area (Å²) in [5.41, 5.74) is 1.05. The van der Waals surface area contributed by atoms with Gasteiger partial charge < -0.3 is 18.8 Å². The first kappa shape index (κ1) is 20.7. The van der Waals surface area contributed by atoms with Crippen LogP contribution in [0.15, 0.2) is 41.4 Å². The fraction of sp³-hybridized carbons (Fsp3) is 0.474. The lowest BCUT2D eigenvalue weighted by Gasteiger charge is -2.34. The third kappa shape index (κ3) is 4.49. The smallest absolute Gasteiger partial charge is 0.240 e. The molecule has 1 N–H and O–H groups in total. The SMILES string of the molecule is COc1ccc(S(=O)(=O)NCC(c2cccn2C)N2CCOCC2)cc1OC. The molecule has 8 nitrogen and oxygen atoms in total. The predicted octanol–water partition coefficient (Wildman–Crippen LogP) is 1.39. The highest BCUT2D eigenvalue weighted by Crippen LogP contribution is 2.29. The van der Waals surface area contributed by atoms with Gasteiger partial charge in [0, 0.05) is 44.6 Å². The van der Waals surface area contributed by atoms with Crippen molar-refractivity contribution in [3.8, 4) is 11.5 Å². The number of nitrogens with zero attached hydrogens (tertiary/aromatic N) is 2. The van der Waals surface area contributed by atoms with E-state index in [9.17, 15) is 8.42 Å². The molecule has 1 unspecified atom stereocenters. The minimum atomic E-state index is -3.71. The molecular formula is C19H27N3O5S. The molecule has 1 saturated heterocycles. The number of aryl methyl sites for hydroxylation is 1. The maximum Gasteiger partial charge on any atom is 0.240 e. The Kier molecular flexibility index (Phi) is 6.61. The van der Waals surface area contributed by atoms with Crippen molar-refractivity contribution in [2.24, 2.45) is 7.05 Å². The van der Waals surface area contributed by atoms with Gasteiger partial charge in [0.25, 0.3) is 0 Å². The van der Waals surface area contributed by atoms with Crippen LogP contribution >= 0.6 is 0 Å². The maximum atomic E-state index is 12.9. The number of ether oxygens (including phenoxy) is 3. The molecule has 2 aromatic rings. The van der Waals surface area contributed by atoms with Gasteiger partial charge in [0.05, 0.1) is 38.4 Å². The molecule has 154 valence electrons. The van der Waals surface area contributed by atoms with Gasteiger partial charge >= 0.3 is 0 Å². The van der Waals surface area contributed by atoms with Gasteiger partial charge in [-0.2, -0.15) is 0 Å². The highest BCUT2D eigenvalue weighted by atomic mass is 32.2. The van der Waals surface area contributed by atoms with Crippen molar-refractivity contribution >= 4 is 10.0 Å². The molecule has 9 heteroatoms. The minimum absolute atomic E-state index is 0.0844. The summed E-state index contributed by atoms with van der Waals surface area (Å²) in [4.78, 5) is 2.38. The second-order valence-electron chi connectivity index (χ2n) is 6.58. The van der Waals surface area contributed by atoms with Crippen molar-refractivity contribution in [2.75, 3.05) is 47.1 Å². The van der Waals surface area contributed by atoms with Crippen LogP contribution in [-0.4, -0.2) is 65.0 Å². The van der Waals surface area contributed by atoms with Crippen LogP contribution in [-0.2, 0) is 21.8 Å².